The van der Waals surface area contributed by atoms with Gasteiger partial charge in [0, 0.05) is 0 Å². The Hall–Kier alpha value is -2.89. The fourth-order valence-corrected chi connectivity index (χ4v) is 2.66. The summed E-state index contributed by atoms with van der Waals surface area (Å²) < 4.78 is 21.9. The van der Waals surface area contributed by atoms with Crippen LogP contribution in [0.1, 0.15) is 25.5 Å². The summed E-state index contributed by atoms with van der Waals surface area (Å²) >= 11 is 0. The number of fused-ring (bicyclic) bond motifs is 1. The molecule has 1 aliphatic rings. The Kier molecular flexibility index (Phi) is 5.51. The fraction of sp³-hybridized carbons (Fsp3) is 0.350. The van der Waals surface area contributed by atoms with Crippen LogP contribution in [0.25, 0.3) is 0 Å². The smallest absolute Gasteiger partial charge is 0.261 e. The molecular weight excluding hydrogens is 334 g/mol. The molecule has 6 heteroatoms. The Morgan fingerprint density at radius 1 is 1.00 bits per heavy atom. The predicted octanol–water partition coefficient (Wildman–Crippen LogP) is 3.11. The summed E-state index contributed by atoms with van der Waals surface area (Å²) in [6.45, 7) is 4.72. The van der Waals surface area contributed by atoms with Crippen LogP contribution in [0.15, 0.2) is 42.5 Å². The van der Waals surface area contributed by atoms with Crippen LogP contribution in [-0.2, 0) is 4.79 Å². The van der Waals surface area contributed by atoms with Crippen LogP contribution in [0.2, 0.25) is 0 Å². The number of carbonyl (C=O) groups excluding carboxylic acids is 1. The molecule has 1 aliphatic heterocycles. The quantitative estimate of drug-likeness (QED) is 0.860. The molecule has 0 aliphatic carbocycles. The molecule has 26 heavy (non-hydrogen) atoms. The zero-order chi connectivity index (χ0) is 18.5. The SMILES string of the molecule is COc1ccc(OC(C)C(=O)NC(C)c2ccc3c(c2)OCCO3)cc1. The molecule has 0 saturated heterocycles. The first-order chi connectivity index (χ1) is 12.6. The third-order valence-corrected chi connectivity index (χ3v) is 4.17. The van der Waals surface area contributed by atoms with Gasteiger partial charge in [0.05, 0.1) is 13.2 Å². The average molecular weight is 357 g/mol. The normalized spacial score (nSPS) is 14.9. The van der Waals surface area contributed by atoms with E-state index in [1.54, 1.807) is 38.3 Å². The maximum atomic E-state index is 12.4. The summed E-state index contributed by atoms with van der Waals surface area (Å²) in [7, 11) is 1.60. The Morgan fingerprint density at radius 2 is 1.65 bits per heavy atom. The number of hydrogen-bond acceptors (Lipinski definition) is 5. The van der Waals surface area contributed by atoms with Crippen LogP contribution in [0.4, 0.5) is 0 Å². The van der Waals surface area contributed by atoms with Gasteiger partial charge in [-0.2, -0.15) is 0 Å². The molecule has 0 spiro atoms. The molecule has 0 bridgehead atoms. The third kappa shape index (κ3) is 4.20. The summed E-state index contributed by atoms with van der Waals surface area (Å²) in [6, 6.07) is 12.6. The summed E-state index contributed by atoms with van der Waals surface area (Å²) in [4.78, 5) is 12.4. The highest BCUT2D eigenvalue weighted by Crippen LogP contribution is 2.32. The molecule has 2 aromatic rings. The highest BCUT2D eigenvalue weighted by molar-refractivity contribution is 5.81. The summed E-state index contributed by atoms with van der Waals surface area (Å²) in [6.07, 6.45) is -0.622. The van der Waals surface area contributed by atoms with E-state index in [0.29, 0.717) is 24.7 Å². The minimum absolute atomic E-state index is 0.180. The van der Waals surface area contributed by atoms with Gasteiger partial charge in [0.25, 0.3) is 5.91 Å². The van der Waals surface area contributed by atoms with Crippen molar-refractivity contribution >= 4 is 5.91 Å². The average Bonchev–Trinajstić information content (AvgIpc) is 2.68. The molecule has 0 saturated carbocycles. The number of amides is 1. The van der Waals surface area contributed by atoms with Gasteiger partial charge in [0.1, 0.15) is 24.7 Å². The van der Waals surface area contributed by atoms with E-state index in [-0.39, 0.29) is 11.9 Å². The van der Waals surface area contributed by atoms with E-state index in [1.807, 2.05) is 25.1 Å². The lowest BCUT2D eigenvalue weighted by Gasteiger charge is -2.22. The Bertz CT molecular complexity index is 759. The number of methoxy groups -OCH3 is 1. The molecule has 0 aromatic heterocycles. The van der Waals surface area contributed by atoms with Gasteiger partial charge in [-0.3, -0.25) is 4.79 Å². The lowest BCUT2D eigenvalue weighted by atomic mass is 10.1. The van der Waals surface area contributed by atoms with Crippen molar-refractivity contribution in [3.63, 3.8) is 0 Å². The number of nitrogens with one attached hydrogen (secondary N) is 1. The van der Waals surface area contributed by atoms with Gasteiger partial charge in [-0.25, -0.2) is 0 Å². The largest absolute Gasteiger partial charge is 0.497 e. The fourth-order valence-electron chi connectivity index (χ4n) is 2.66. The second-order valence-electron chi connectivity index (χ2n) is 6.07. The maximum Gasteiger partial charge on any atom is 0.261 e. The standard InChI is InChI=1S/C20H23NO5/c1-13(15-4-9-18-19(12-15)25-11-10-24-18)21-20(22)14(2)26-17-7-5-16(23-3)6-8-17/h4-9,12-14H,10-11H2,1-3H3,(H,21,22). The first kappa shape index (κ1) is 17.9. The molecule has 2 aromatic carbocycles. The van der Waals surface area contributed by atoms with E-state index in [2.05, 4.69) is 5.32 Å². The summed E-state index contributed by atoms with van der Waals surface area (Å²) in [5.74, 6) is 2.59. The highest BCUT2D eigenvalue weighted by atomic mass is 16.6. The van der Waals surface area contributed by atoms with Gasteiger partial charge < -0.3 is 24.3 Å². The predicted molar refractivity (Wildman–Crippen MR) is 97.1 cm³/mol. The molecule has 0 radical (unpaired) electrons. The molecule has 6 nitrogen and oxygen atoms in total. The van der Waals surface area contributed by atoms with Gasteiger partial charge in [-0.05, 0) is 55.8 Å². The van der Waals surface area contributed by atoms with Gasteiger partial charge in [0.15, 0.2) is 17.6 Å². The minimum Gasteiger partial charge on any atom is -0.497 e. The lowest BCUT2D eigenvalue weighted by Crippen LogP contribution is -2.37. The molecule has 1 heterocycles. The molecule has 3 rings (SSSR count). The first-order valence-electron chi connectivity index (χ1n) is 8.57. The monoisotopic (exact) mass is 357 g/mol. The second-order valence-corrected chi connectivity index (χ2v) is 6.07. The Morgan fingerprint density at radius 3 is 2.35 bits per heavy atom. The van der Waals surface area contributed by atoms with Crippen LogP contribution in [0, 0.1) is 0 Å². The molecule has 1 N–H and O–H groups in total. The van der Waals surface area contributed by atoms with Crippen molar-refractivity contribution in [2.75, 3.05) is 20.3 Å². The zero-order valence-corrected chi connectivity index (χ0v) is 15.2. The van der Waals surface area contributed by atoms with E-state index in [0.717, 1.165) is 17.1 Å². The third-order valence-electron chi connectivity index (χ3n) is 4.17. The van der Waals surface area contributed by atoms with Crippen molar-refractivity contribution in [3.8, 4) is 23.0 Å². The van der Waals surface area contributed by atoms with E-state index in [1.165, 1.54) is 0 Å². The topological polar surface area (TPSA) is 66.0 Å². The molecule has 138 valence electrons. The lowest BCUT2D eigenvalue weighted by molar-refractivity contribution is -0.127. The highest BCUT2D eigenvalue weighted by Gasteiger charge is 2.19. The summed E-state index contributed by atoms with van der Waals surface area (Å²) in [5.41, 5.74) is 0.944. The van der Waals surface area contributed by atoms with Crippen molar-refractivity contribution in [2.45, 2.75) is 26.0 Å². The van der Waals surface area contributed by atoms with E-state index in [4.69, 9.17) is 18.9 Å². The van der Waals surface area contributed by atoms with Crippen molar-refractivity contribution in [2.24, 2.45) is 0 Å². The number of rotatable bonds is 6. The van der Waals surface area contributed by atoms with Crippen molar-refractivity contribution in [1.82, 2.24) is 5.32 Å². The van der Waals surface area contributed by atoms with Gasteiger partial charge in [-0.1, -0.05) is 6.07 Å². The molecule has 1 amide bonds. The van der Waals surface area contributed by atoms with E-state index < -0.39 is 6.10 Å². The number of hydrogen-bond donors (Lipinski definition) is 1. The van der Waals surface area contributed by atoms with Crippen molar-refractivity contribution in [3.05, 3.63) is 48.0 Å². The minimum atomic E-state index is -0.622. The first-order valence-corrected chi connectivity index (χ1v) is 8.57. The molecule has 2 atom stereocenters. The van der Waals surface area contributed by atoms with Crippen LogP contribution >= 0.6 is 0 Å². The van der Waals surface area contributed by atoms with Gasteiger partial charge in [0.2, 0.25) is 0 Å². The number of benzene rings is 2. The van der Waals surface area contributed by atoms with Gasteiger partial charge in [-0.15, -0.1) is 0 Å². The second kappa shape index (κ2) is 7.99. The van der Waals surface area contributed by atoms with Crippen LogP contribution in [0.5, 0.6) is 23.0 Å². The van der Waals surface area contributed by atoms with E-state index >= 15 is 0 Å². The van der Waals surface area contributed by atoms with E-state index in [9.17, 15) is 4.79 Å². The van der Waals surface area contributed by atoms with Crippen LogP contribution < -0.4 is 24.3 Å². The number of carbonyl (C=O) groups is 1. The molecular formula is C20H23NO5. The molecule has 2 unspecified atom stereocenters. The van der Waals surface area contributed by atoms with Crippen molar-refractivity contribution < 1.29 is 23.7 Å². The number of ether oxygens (including phenoxy) is 4. The maximum absolute atomic E-state index is 12.4. The molecule has 0 fully saturated rings. The Labute approximate surface area is 153 Å². The van der Waals surface area contributed by atoms with Crippen LogP contribution in [-0.4, -0.2) is 32.3 Å². The van der Waals surface area contributed by atoms with Crippen molar-refractivity contribution in [1.29, 1.82) is 0 Å². The van der Waals surface area contributed by atoms with Gasteiger partial charge >= 0.3 is 0 Å². The Balaban J connectivity index is 1.59. The van der Waals surface area contributed by atoms with Crippen LogP contribution in [0.3, 0.4) is 0 Å². The zero-order valence-electron chi connectivity index (χ0n) is 15.2. The summed E-state index contributed by atoms with van der Waals surface area (Å²) in [5, 5.41) is 2.96.